The summed E-state index contributed by atoms with van der Waals surface area (Å²) in [6.45, 7) is 3.55. The number of imide groups is 1. The van der Waals surface area contributed by atoms with Crippen LogP contribution < -0.4 is 4.74 Å². The molecule has 2 amide bonds. The highest BCUT2D eigenvalue weighted by Crippen LogP contribution is 2.50. The highest BCUT2D eigenvalue weighted by molar-refractivity contribution is 9.10. The first-order chi connectivity index (χ1) is 18.6. The van der Waals surface area contributed by atoms with Crippen molar-refractivity contribution in [2.75, 3.05) is 13.2 Å². The molecule has 0 aliphatic carbocycles. The highest BCUT2D eigenvalue weighted by Gasteiger charge is 2.71. The van der Waals surface area contributed by atoms with Crippen molar-refractivity contribution in [3.05, 3.63) is 75.8 Å². The Morgan fingerprint density at radius 1 is 0.975 bits per heavy atom. The summed E-state index contributed by atoms with van der Waals surface area (Å²) < 4.78 is 86.3. The van der Waals surface area contributed by atoms with E-state index in [4.69, 9.17) is 4.74 Å². The third kappa shape index (κ3) is 6.22. The average Bonchev–Trinajstić information content (AvgIpc) is 2.87. The van der Waals surface area contributed by atoms with Crippen LogP contribution in [-0.4, -0.2) is 47.3 Å². The number of benzene rings is 2. The molecule has 2 aromatic rings. The summed E-state index contributed by atoms with van der Waals surface area (Å²) in [5.41, 5.74) is -6.59. The minimum atomic E-state index is -5.98. The zero-order chi connectivity index (χ0) is 29.9. The Morgan fingerprint density at radius 2 is 1.60 bits per heavy atom. The molecule has 12 heteroatoms. The molecule has 1 N–H and O–H groups in total. The second kappa shape index (κ2) is 11.9. The topological polar surface area (TPSA) is 66.8 Å². The first kappa shape index (κ1) is 31.7. The maximum atomic E-state index is 13.3. The molecular weight excluding hydrogens is 608 g/mol. The summed E-state index contributed by atoms with van der Waals surface area (Å²) in [7, 11) is 0. The van der Waals surface area contributed by atoms with E-state index in [-0.39, 0.29) is 36.8 Å². The van der Waals surface area contributed by atoms with Crippen molar-refractivity contribution in [1.82, 2.24) is 4.90 Å². The van der Waals surface area contributed by atoms with Gasteiger partial charge in [-0.15, -0.1) is 0 Å². The molecule has 0 aromatic heterocycles. The van der Waals surface area contributed by atoms with Crippen molar-refractivity contribution in [3.63, 3.8) is 0 Å². The smallest absolute Gasteiger partial charge is 0.430 e. The van der Waals surface area contributed by atoms with Gasteiger partial charge in [-0.25, -0.2) is 0 Å². The minimum absolute atomic E-state index is 0.0366. The molecule has 40 heavy (non-hydrogen) atoms. The van der Waals surface area contributed by atoms with Gasteiger partial charge in [-0.1, -0.05) is 53.5 Å². The average molecular weight is 636 g/mol. The standard InChI is InChI=1S/C28H28BrF6NO4/c1-3-6-18-17-20(26(39,27(30,31)32)28(33,34)35)9-12-22(18)40-16-5-4-15-36-23(37)13-14-25(2,24(36)38)19-7-10-21(29)11-8-19/h7-14,17,39H,3-6,15-16H2,1-2H3. The van der Waals surface area contributed by atoms with Gasteiger partial charge in [0.15, 0.2) is 0 Å². The van der Waals surface area contributed by atoms with Crippen LogP contribution in [0.15, 0.2) is 59.1 Å². The molecule has 0 fully saturated rings. The van der Waals surface area contributed by atoms with Crippen molar-refractivity contribution in [3.8, 4) is 5.75 Å². The van der Waals surface area contributed by atoms with Crippen LogP contribution in [0.1, 0.15) is 49.8 Å². The van der Waals surface area contributed by atoms with E-state index in [9.17, 15) is 41.0 Å². The number of hydrogen-bond acceptors (Lipinski definition) is 4. The molecule has 1 aliphatic heterocycles. The third-order valence-corrected chi connectivity index (χ3v) is 7.34. The van der Waals surface area contributed by atoms with E-state index in [0.717, 1.165) is 15.4 Å². The number of halogens is 7. The summed E-state index contributed by atoms with van der Waals surface area (Å²) >= 11 is 3.35. The number of alkyl halides is 6. The number of aryl methyl sites for hydroxylation is 1. The maximum Gasteiger partial charge on any atom is 0.430 e. The number of hydrogen-bond donors (Lipinski definition) is 1. The molecule has 218 valence electrons. The molecular formula is C28H28BrF6NO4. The lowest BCUT2D eigenvalue weighted by atomic mass is 9.79. The molecule has 1 heterocycles. The van der Waals surface area contributed by atoms with Gasteiger partial charge in [-0.05, 0) is 61.6 Å². The van der Waals surface area contributed by atoms with Gasteiger partial charge in [-0.2, -0.15) is 26.3 Å². The zero-order valence-electron chi connectivity index (χ0n) is 21.7. The van der Waals surface area contributed by atoms with E-state index >= 15 is 0 Å². The van der Waals surface area contributed by atoms with Crippen molar-refractivity contribution in [2.45, 2.75) is 62.9 Å². The van der Waals surface area contributed by atoms with Crippen LogP contribution in [-0.2, 0) is 27.0 Å². The Bertz CT molecular complexity index is 1240. The maximum absolute atomic E-state index is 13.3. The van der Waals surface area contributed by atoms with Gasteiger partial charge in [-0.3, -0.25) is 14.5 Å². The fraction of sp³-hybridized carbons (Fsp3) is 0.429. The summed E-state index contributed by atoms with van der Waals surface area (Å²) in [5, 5.41) is 9.72. The number of amides is 2. The SMILES string of the molecule is CCCc1cc(C(O)(C(F)(F)F)C(F)(F)F)ccc1OCCCCN1C(=O)C=CC(C)(c2ccc(Br)cc2)C1=O. The molecule has 1 aliphatic rings. The van der Waals surface area contributed by atoms with Crippen molar-refractivity contribution >= 4 is 27.7 Å². The van der Waals surface area contributed by atoms with E-state index < -0.39 is 34.8 Å². The van der Waals surface area contributed by atoms with Gasteiger partial charge in [0.1, 0.15) is 5.75 Å². The largest absolute Gasteiger partial charge is 0.493 e. The number of ether oxygens (including phenoxy) is 1. The van der Waals surface area contributed by atoms with E-state index in [1.54, 1.807) is 44.2 Å². The number of carbonyl (C=O) groups is 2. The van der Waals surface area contributed by atoms with Gasteiger partial charge < -0.3 is 9.84 Å². The van der Waals surface area contributed by atoms with Crippen LogP contribution >= 0.6 is 15.9 Å². The Hall–Kier alpha value is -2.86. The predicted molar refractivity (Wildman–Crippen MR) is 139 cm³/mol. The normalized spacial score (nSPS) is 18.4. The summed E-state index contributed by atoms with van der Waals surface area (Å²) in [6.07, 6.45) is -7.83. The molecule has 0 radical (unpaired) electrons. The van der Waals surface area contributed by atoms with Gasteiger partial charge >= 0.3 is 12.4 Å². The van der Waals surface area contributed by atoms with Crippen LogP contribution in [0.5, 0.6) is 5.75 Å². The molecule has 0 saturated heterocycles. The Labute approximate surface area is 235 Å². The number of carbonyl (C=O) groups excluding carboxylic acids is 2. The Balaban J connectivity index is 1.67. The van der Waals surface area contributed by atoms with Gasteiger partial charge in [0, 0.05) is 22.7 Å². The van der Waals surface area contributed by atoms with Crippen LogP contribution in [0.2, 0.25) is 0 Å². The van der Waals surface area contributed by atoms with Crippen molar-refractivity contribution in [2.24, 2.45) is 0 Å². The highest BCUT2D eigenvalue weighted by atomic mass is 79.9. The first-order valence-electron chi connectivity index (χ1n) is 12.5. The Kier molecular flexibility index (Phi) is 9.45. The van der Waals surface area contributed by atoms with Crippen LogP contribution in [0.4, 0.5) is 26.3 Å². The molecule has 2 aromatic carbocycles. The van der Waals surface area contributed by atoms with Crippen molar-refractivity contribution in [1.29, 1.82) is 0 Å². The fourth-order valence-electron chi connectivity index (χ4n) is 4.46. The second-order valence-corrected chi connectivity index (χ2v) is 10.6. The lowest BCUT2D eigenvalue weighted by Gasteiger charge is -2.34. The first-order valence-corrected chi connectivity index (χ1v) is 13.3. The predicted octanol–water partition coefficient (Wildman–Crippen LogP) is 6.76. The minimum Gasteiger partial charge on any atom is -0.493 e. The van der Waals surface area contributed by atoms with E-state index in [0.29, 0.717) is 37.0 Å². The summed E-state index contributed by atoms with van der Waals surface area (Å²) in [6, 6.07) is 9.37. The van der Waals surface area contributed by atoms with Gasteiger partial charge in [0.2, 0.25) is 5.91 Å². The molecule has 1 unspecified atom stereocenters. The number of nitrogens with zero attached hydrogens (tertiary/aromatic N) is 1. The van der Waals surface area contributed by atoms with Crippen LogP contribution in [0.25, 0.3) is 0 Å². The number of aliphatic hydroxyl groups is 1. The van der Waals surface area contributed by atoms with Gasteiger partial charge in [0.05, 0.1) is 12.0 Å². The lowest BCUT2D eigenvalue weighted by Crippen LogP contribution is -2.53. The molecule has 5 nitrogen and oxygen atoms in total. The quantitative estimate of drug-likeness (QED) is 0.178. The third-order valence-electron chi connectivity index (χ3n) is 6.81. The fourth-order valence-corrected chi connectivity index (χ4v) is 4.72. The molecule has 0 saturated carbocycles. The molecule has 1 atom stereocenters. The molecule has 0 spiro atoms. The molecule has 0 bridgehead atoms. The second-order valence-electron chi connectivity index (χ2n) is 9.67. The van der Waals surface area contributed by atoms with Crippen LogP contribution in [0, 0.1) is 0 Å². The summed E-state index contributed by atoms with van der Waals surface area (Å²) in [4.78, 5) is 26.8. The van der Waals surface area contributed by atoms with Crippen LogP contribution in [0.3, 0.4) is 0 Å². The number of unbranched alkanes of at least 4 members (excludes halogenated alkanes) is 1. The van der Waals surface area contributed by atoms with Crippen molar-refractivity contribution < 1.29 is 45.8 Å². The number of rotatable bonds is 10. The van der Waals surface area contributed by atoms with Gasteiger partial charge in [0.25, 0.3) is 11.5 Å². The molecule has 3 rings (SSSR count). The summed E-state index contributed by atoms with van der Waals surface area (Å²) in [5.74, 6) is -0.748. The Morgan fingerprint density at radius 3 is 2.17 bits per heavy atom. The van der Waals surface area contributed by atoms with E-state index in [1.807, 2.05) is 0 Å². The van der Waals surface area contributed by atoms with E-state index in [2.05, 4.69) is 15.9 Å². The zero-order valence-corrected chi connectivity index (χ0v) is 23.3. The monoisotopic (exact) mass is 635 g/mol. The van der Waals surface area contributed by atoms with E-state index in [1.165, 1.54) is 6.08 Å². The lowest BCUT2D eigenvalue weighted by molar-refractivity contribution is -0.376.